The minimum Gasteiger partial charge on any atom is -0.491 e. The van der Waals surface area contributed by atoms with Crippen LogP contribution in [0.15, 0.2) is 42.7 Å². The fourth-order valence-corrected chi connectivity index (χ4v) is 2.24. The highest BCUT2D eigenvalue weighted by molar-refractivity contribution is 6.30. The number of nitrogens with zero attached hydrogens (tertiary/aromatic N) is 1. The minimum absolute atomic E-state index is 0. The second-order valence-corrected chi connectivity index (χ2v) is 5.85. The summed E-state index contributed by atoms with van der Waals surface area (Å²) in [5.41, 5.74) is 8.07. The topological polar surface area (TPSA) is 48.1 Å². The molecule has 5 heteroatoms. The highest BCUT2D eigenvalue weighted by atomic mass is 35.5. The Labute approximate surface area is 135 Å². The van der Waals surface area contributed by atoms with Gasteiger partial charge in [0.2, 0.25) is 0 Å². The summed E-state index contributed by atoms with van der Waals surface area (Å²) in [6.07, 6.45) is 5.89. The van der Waals surface area contributed by atoms with E-state index >= 15 is 0 Å². The second-order valence-electron chi connectivity index (χ2n) is 5.41. The largest absolute Gasteiger partial charge is 0.491 e. The normalized spacial score (nSPS) is 15.1. The summed E-state index contributed by atoms with van der Waals surface area (Å²) in [7, 11) is 0. The summed E-state index contributed by atoms with van der Waals surface area (Å²) < 4.78 is 5.84. The minimum atomic E-state index is 0. The van der Waals surface area contributed by atoms with E-state index in [-0.39, 0.29) is 17.8 Å². The molecule has 2 aromatic rings. The molecule has 1 aromatic heterocycles. The van der Waals surface area contributed by atoms with Crippen LogP contribution in [0.5, 0.6) is 5.75 Å². The van der Waals surface area contributed by atoms with Crippen molar-refractivity contribution in [3.8, 4) is 16.9 Å². The number of hydrogen-bond donors (Lipinski definition) is 1. The van der Waals surface area contributed by atoms with E-state index in [0.717, 1.165) is 34.7 Å². The van der Waals surface area contributed by atoms with Crippen molar-refractivity contribution in [2.24, 2.45) is 11.1 Å². The summed E-state index contributed by atoms with van der Waals surface area (Å²) in [5.74, 6) is 0.789. The van der Waals surface area contributed by atoms with Crippen molar-refractivity contribution in [1.29, 1.82) is 0 Å². The van der Waals surface area contributed by atoms with Crippen LogP contribution >= 0.6 is 24.0 Å². The third-order valence-corrected chi connectivity index (χ3v) is 4.08. The fourth-order valence-electron chi connectivity index (χ4n) is 2.12. The smallest absolute Gasteiger partial charge is 0.138 e. The number of ether oxygens (including phenoxy) is 1. The monoisotopic (exact) mass is 324 g/mol. The summed E-state index contributed by atoms with van der Waals surface area (Å²) >= 11 is 5.90. The molecular formula is C16H18Cl2N2O. The van der Waals surface area contributed by atoms with Crippen molar-refractivity contribution in [3.05, 3.63) is 47.7 Å². The van der Waals surface area contributed by atoms with Gasteiger partial charge in [-0.3, -0.25) is 4.98 Å². The van der Waals surface area contributed by atoms with Crippen molar-refractivity contribution in [2.75, 3.05) is 13.2 Å². The zero-order valence-corrected chi connectivity index (χ0v) is 13.2. The molecule has 1 aliphatic rings. The van der Waals surface area contributed by atoms with Crippen LogP contribution in [0.3, 0.4) is 0 Å². The predicted octanol–water partition coefficient (Wildman–Crippen LogP) is 3.94. The number of rotatable bonds is 5. The van der Waals surface area contributed by atoms with Gasteiger partial charge >= 0.3 is 0 Å². The molecule has 0 aliphatic heterocycles. The molecule has 1 aromatic carbocycles. The molecule has 0 radical (unpaired) electrons. The van der Waals surface area contributed by atoms with Gasteiger partial charge in [-0.15, -0.1) is 12.4 Å². The van der Waals surface area contributed by atoms with Crippen LogP contribution in [0.4, 0.5) is 0 Å². The lowest BCUT2D eigenvalue weighted by molar-refractivity contribution is 0.238. The van der Waals surface area contributed by atoms with Crippen molar-refractivity contribution in [3.63, 3.8) is 0 Å². The number of hydrogen-bond acceptors (Lipinski definition) is 3. The molecule has 1 aliphatic carbocycles. The van der Waals surface area contributed by atoms with Gasteiger partial charge in [0.25, 0.3) is 0 Å². The van der Waals surface area contributed by atoms with E-state index in [1.165, 1.54) is 0 Å². The molecule has 1 saturated carbocycles. The number of nitrogens with two attached hydrogens (primary N) is 1. The van der Waals surface area contributed by atoms with Crippen LogP contribution in [0.2, 0.25) is 5.02 Å². The highest BCUT2D eigenvalue weighted by Gasteiger charge is 2.42. The zero-order chi connectivity index (χ0) is 14.0. The first-order valence-corrected chi connectivity index (χ1v) is 7.12. The highest BCUT2D eigenvalue weighted by Crippen LogP contribution is 2.44. The molecule has 2 N–H and O–H groups in total. The number of pyridine rings is 1. The van der Waals surface area contributed by atoms with Gasteiger partial charge in [-0.2, -0.15) is 0 Å². The van der Waals surface area contributed by atoms with Crippen LogP contribution in [0, 0.1) is 5.41 Å². The number of halogens is 2. The van der Waals surface area contributed by atoms with E-state index in [0.29, 0.717) is 13.2 Å². The molecule has 1 fully saturated rings. The first-order valence-electron chi connectivity index (χ1n) is 6.75. The molecule has 0 unspecified atom stereocenters. The molecule has 112 valence electrons. The third-order valence-electron chi connectivity index (χ3n) is 3.83. The zero-order valence-electron chi connectivity index (χ0n) is 11.6. The predicted molar refractivity (Wildman–Crippen MR) is 88.1 cm³/mol. The molecule has 1 heterocycles. The molecule has 0 spiro atoms. The van der Waals surface area contributed by atoms with Gasteiger partial charge in [-0.1, -0.05) is 23.7 Å². The molecule has 0 amide bonds. The SMILES string of the molecule is Cl.NCC1(COc2cncc(-c3ccc(Cl)cc3)c2)CC1. The van der Waals surface area contributed by atoms with Crippen molar-refractivity contribution >= 4 is 24.0 Å². The van der Waals surface area contributed by atoms with Crippen LogP contribution < -0.4 is 10.5 Å². The molecule has 3 nitrogen and oxygen atoms in total. The lowest BCUT2D eigenvalue weighted by Crippen LogP contribution is -2.22. The summed E-state index contributed by atoms with van der Waals surface area (Å²) in [6, 6.07) is 9.70. The first kappa shape index (κ1) is 16.1. The van der Waals surface area contributed by atoms with E-state index in [9.17, 15) is 0 Å². The Morgan fingerprint density at radius 2 is 1.86 bits per heavy atom. The van der Waals surface area contributed by atoms with Gasteiger partial charge in [0.05, 0.1) is 12.8 Å². The summed E-state index contributed by atoms with van der Waals surface area (Å²) in [6.45, 7) is 1.37. The quantitative estimate of drug-likeness (QED) is 0.906. The average molecular weight is 325 g/mol. The first-order chi connectivity index (χ1) is 9.71. The number of benzene rings is 1. The second kappa shape index (κ2) is 6.65. The third kappa shape index (κ3) is 3.88. The maximum Gasteiger partial charge on any atom is 0.138 e. The van der Waals surface area contributed by atoms with Crippen molar-refractivity contribution < 1.29 is 4.74 Å². The van der Waals surface area contributed by atoms with E-state index in [1.807, 2.05) is 36.5 Å². The molecule has 0 atom stereocenters. The Hall–Kier alpha value is -1.29. The Morgan fingerprint density at radius 3 is 2.48 bits per heavy atom. The summed E-state index contributed by atoms with van der Waals surface area (Å²) in [4.78, 5) is 4.24. The molecular weight excluding hydrogens is 307 g/mol. The molecule has 3 rings (SSSR count). The molecule has 0 bridgehead atoms. The van der Waals surface area contributed by atoms with Crippen LogP contribution in [-0.2, 0) is 0 Å². The molecule has 21 heavy (non-hydrogen) atoms. The Morgan fingerprint density at radius 1 is 1.14 bits per heavy atom. The Bertz CT molecular complexity index is 597. The fraction of sp³-hybridized carbons (Fsp3) is 0.312. The van der Waals surface area contributed by atoms with Crippen LogP contribution in [0.25, 0.3) is 11.1 Å². The lowest BCUT2D eigenvalue weighted by atomic mass is 10.1. The Balaban J connectivity index is 0.00000161. The van der Waals surface area contributed by atoms with Gasteiger partial charge in [0.15, 0.2) is 0 Å². The van der Waals surface area contributed by atoms with Gasteiger partial charge < -0.3 is 10.5 Å². The van der Waals surface area contributed by atoms with Crippen molar-refractivity contribution in [1.82, 2.24) is 4.98 Å². The van der Waals surface area contributed by atoms with E-state index in [4.69, 9.17) is 22.1 Å². The van der Waals surface area contributed by atoms with Gasteiger partial charge in [-0.25, -0.2) is 0 Å². The molecule has 0 saturated heterocycles. The maximum absolute atomic E-state index is 5.90. The lowest BCUT2D eigenvalue weighted by Gasteiger charge is -2.14. The number of aromatic nitrogens is 1. The summed E-state index contributed by atoms with van der Waals surface area (Å²) in [5, 5.41) is 0.729. The Kier molecular flexibility index (Phi) is 5.09. The standard InChI is InChI=1S/C16H17ClN2O.ClH/c17-14-3-1-12(2-4-14)13-7-15(9-19-8-13)20-11-16(10-18)5-6-16;/h1-4,7-9H,5-6,10-11,18H2;1H. The van der Waals surface area contributed by atoms with Crippen LogP contribution in [-0.4, -0.2) is 18.1 Å². The van der Waals surface area contributed by atoms with Gasteiger partial charge in [0, 0.05) is 28.7 Å². The van der Waals surface area contributed by atoms with E-state index < -0.39 is 0 Å². The van der Waals surface area contributed by atoms with Gasteiger partial charge in [-0.05, 0) is 36.6 Å². The van der Waals surface area contributed by atoms with Crippen molar-refractivity contribution in [2.45, 2.75) is 12.8 Å². The van der Waals surface area contributed by atoms with E-state index in [2.05, 4.69) is 4.98 Å². The van der Waals surface area contributed by atoms with E-state index in [1.54, 1.807) is 6.20 Å². The maximum atomic E-state index is 5.90. The van der Waals surface area contributed by atoms with Crippen LogP contribution in [0.1, 0.15) is 12.8 Å². The van der Waals surface area contributed by atoms with Gasteiger partial charge in [0.1, 0.15) is 5.75 Å². The average Bonchev–Trinajstić information content (AvgIpc) is 3.27.